The number of benzene rings is 1. The molecular formula is C34H57N3O13S. The van der Waals surface area contributed by atoms with Crippen molar-refractivity contribution in [3.63, 3.8) is 0 Å². The number of carbonyl (C=O) groups excluding carboxylic acids is 1. The van der Waals surface area contributed by atoms with Crippen LogP contribution in [0.5, 0.6) is 0 Å². The first-order valence-electron chi connectivity index (χ1n) is 17.4. The van der Waals surface area contributed by atoms with Crippen LogP contribution in [0.3, 0.4) is 0 Å². The van der Waals surface area contributed by atoms with Crippen LogP contribution in [0.1, 0.15) is 74.7 Å². The summed E-state index contributed by atoms with van der Waals surface area (Å²) in [7, 11) is -2.99. The SMILES string of the molecule is CC[C@H]1OC(=O)[C@H](C)[C@@H](O)[C@H](C)[C@@H](O[C@@H]2O[C@H](C)C[C@H](N(C)S(=O)(=O)c3ccc([N+](=O)[O-])cc3)[C@H]2O)[C@](C)(O)C[C@@H](C)CN[C@H](C)[C@@H](O)[C@]1(C)O. The first-order valence-corrected chi connectivity index (χ1v) is 18.9. The van der Waals surface area contributed by atoms with E-state index in [9.17, 15) is 48.9 Å². The number of nitrogens with zero attached hydrogens (tertiary/aromatic N) is 2. The Morgan fingerprint density at radius 1 is 1.06 bits per heavy atom. The second kappa shape index (κ2) is 16.8. The van der Waals surface area contributed by atoms with Gasteiger partial charge in [0.15, 0.2) is 6.29 Å². The lowest BCUT2D eigenvalue weighted by Crippen LogP contribution is -2.60. The molecule has 3 rings (SSSR count). The van der Waals surface area contributed by atoms with Gasteiger partial charge >= 0.3 is 5.97 Å². The van der Waals surface area contributed by atoms with Gasteiger partial charge in [-0.25, -0.2) is 8.42 Å². The fraction of sp³-hybridized carbons (Fsp3) is 0.794. The van der Waals surface area contributed by atoms with Crippen molar-refractivity contribution in [3.05, 3.63) is 34.4 Å². The highest BCUT2D eigenvalue weighted by atomic mass is 32.2. The van der Waals surface area contributed by atoms with E-state index in [4.69, 9.17) is 14.2 Å². The molecule has 0 unspecified atom stereocenters. The van der Waals surface area contributed by atoms with Crippen molar-refractivity contribution in [2.45, 2.75) is 146 Å². The average Bonchev–Trinajstić information content (AvgIpc) is 3.06. The van der Waals surface area contributed by atoms with Crippen LogP contribution in [0.4, 0.5) is 5.69 Å². The van der Waals surface area contributed by atoms with Crippen molar-refractivity contribution in [2.75, 3.05) is 13.6 Å². The summed E-state index contributed by atoms with van der Waals surface area (Å²) in [5.74, 6) is -3.30. The number of sulfonamides is 1. The second-order valence-corrected chi connectivity index (χ2v) is 16.9. The molecule has 0 bridgehead atoms. The number of non-ortho nitro benzene ring substituents is 1. The number of ether oxygens (including phenoxy) is 3. The summed E-state index contributed by atoms with van der Waals surface area (Å²) in [6, 6.07) is 2.62. The summed E-state index contributed by atoms with van der Waals surface area (Å²) in [6.45, 7) is 13.0. The summed E-state index contributed by atoms with van der Waals surface area (Å²) in [5, 5.41) is 71.8. The summed E-state index contributed by atoms with van der Waals surface area (Å²) in [6.07, 6.45) is -8.64. The van der Waals surface area contributed by atoms with Crippen LogP contribution in [0.15, 0.2) is 29.2 Å². The lowest BCUT2D eigenvalue weighted by Gasteiger charge is -2.46. The van der Waals surface area contributed by atoms with Gasteiger partial charge in [0, 0.05) is 31.1 Å². The maximum Gasteiger partial charge on any atom is 0.311 e. The van der Waals surface area contributed by atoms with Crippen LogP contribution in [-0.2, 0) is 29.0 Å². The highest BCUT2D eigenvalue weighted by molar-refractivity contribution is 7.89. The highest BCUT2D eigenvalue weighted by Crippen LogP contribution is 2.37. The van der Waals surface area contributed by atoms with Gasteiger partial charge in [-0.3, -0.25) is 14.9 Å². The van der Waals surface area contributed by atoms with E-state index in [0.717, 1.165) is 28.6 Å². The number of hydrogen-bond acceptors (Lipinski definition) is 14. The maximum atomic E-state index is 13.6. The lowest BCUT2D eigenvalue weighted by atomic mass is 9.78. The Morgan fingerprint density at radius 3 is 2.20 bits per heavy atom. The van der Waals surface area contributed by atoms with Gasteiger partial charge in [-0.2, -0.15) is 4.31 Å². The Labute approximate surface area is 300 Å². The van der Waals surface area contributed by atoms with E-state index in [-0.39, 0.29) is 42.3 Å². The number of nitrogens with one attached hydrogen (secondary N) is 1. The monoisotopic (exact) mass is 747 g/mol. The molecule has 14 atom stereocenters. The maximum absolute atomic E-state index is 13.6. The molecule has 0 aromatic heterocycles. The van der Waals surface area contributed by atoms with Gasteiger partial charge in [-0.1, -0.05) is 20.8 Å². The number of carbonyl (C=O) groups is 1. The molecule has 51 heavy (non-hydrogen) atoms. The molecule has 0 aliphatic carbocycles. The summed E-state index contributed by atoms with van der Waals surface area (Å²) in [4.78, 5) is 23.6. The Bertz CT molecular complexity index is 1440. The highest BCUT2D eigenvalue weighted by Gasteiger charge is 2.50. The average molecular weight is 748 g/mol. The predicted molar refractivity (Wildman–Crippen MR) is 185 cm³/mol. The first-order chi connectivity index (χ1) is 23.5. The minimum atomic E-state index is -4.26. The molecule has 2 saturated heterocycles. The molecule has 2 fully saturated rings. The molecule has 17 heteroatoms. The minimum absolute atomic E-state index is 0.0565. The number of esters is 1. The van der Waals surface area contributed by atoms with Gasteiger partial charge in [0.2, 0.25) is 10.0 Å². The van der Waals surface area contributed by atoms with Crippen LogP contribution in [0, 0.1) is 27.9 Å². The van der Waals surface area contributed by atoms with Crippen LogP contribution in [-0.4, -0.2) is 129 Å². The molecule has 0 amide bonds. The van der Waals surface area contributed by atoms with Crippen LogP contribution in [0.25, 0.3) is 0 Å². The third-order valence-corrected chi connectivity index (χ3v) is 12.4. The normalized spacial score (nSPS) is 41.0. The summed E-state index contributed by atoms with van der Waals surface area (Å²) < 4.78 is 46.1. The van der Waals surface area contributed by atoms with Gasteiger partial charge in [-0.15, -0.1) is 0 Å². The fourth-order valence-corrected chi connectivity index (χ4v) is 8.67. The van der Waals surface area contributed by atoms with E-state index in [1.165, 1.54) is 27.8 Å². The van der Waals surface area contributed by atoms with Crippen LogP contribution < -0.4 is 5.32 Å². The molecule has 0 spiro atoms. The van der Waals surface area contributed by atoms with Crippen molar-refractivity contribution in [3.8, 4) is 0 Å². The van der Waals surface area contributed by atoms with E-state index in [1.54, 1.807) is 27.7 Å². The van der Waals surface area contributed by atoms with Crippen molar-refractivity contribution in [2.24, 2.45) is 17.8 Å². The largest absolute Gasteiger partial charge is 0.459 e. The van der Waals surface area contributed by atoms with Crippen molar-refractivity contribution < 1.29 is 57.9 Å². The number of nitro benzene ring substituents is 1. The topological polar surface area (TPSA) is 238 Å². The number of aliphatic hydroxyl groups is 5. The number of hydrogen-bond donors (Lipinski definition) is 6. The number of likely N-dealkylation sites (N-methyl/N-ethyl adjacent to an activating group) is 1. The Morgan fingerprint density at radius 2 is 1.65 bits per heavy atom. The predicted octanol–water partition coefficient (Wildman–Crippen LogP) is 1.30. The smallest absolute Gasteiger partial charge is 0.311 e. The van der Waals surface area contributed by atoms with E-state index < -0.39 is 99.0 Å². The Hall–Kier alpha value is -2.32. The fourth-order valence-electron chi connectivity index (χ4n) is 7.29. The number of cyclic esters (lactones) is 1. The standard InChI is InChI=1S/C34H57N3O13S/c1-10-26-34(8,43)29(40)22(6)35-17-18(2)16-33(7,42)30(20(4)27(38)21(5)31(41)49-26)50-32-28(39)25(15-19(3)48-32)36(9)51(46,47)24-13-11-23(12-14-24)37(44)45/h11-14,18-22,25-30,32,35,38-40,42-43H,10,15-17H2,1-9H3/t18-,19-,20+,21-,22-,25+,26-,27+,28-,29-,30-,32+,33-,34-/m1/s1. The molecule has 16 nitrogen and oxygen atoms in total. The third kappa shape index (κ3) is 9.62. The molecule has 0 radical (unpaired) electrons. The number of nitro groups is 1. The molecule has 2 aliphatic rings. The van der Waals surface area contributed by atoms with Gasteiger partial charge in [0.25, 0.3) is 5.69 Å². The van der Waals surface area contributed by atoms with Gasteiger partial charge < -0.3 is 45.1 Å². The third-order valence-electron chi connectivity index (χ3n) is 10.5. The Balaban J connectivity index is 1.98. The minimum Gasteiger partial charge on any atom is -0.459 e. The molecule has 6 N–H and O–H groups in total. The van der Waals surface area contributed by atoms with Crippen molar-refractivity contribution >= 4 is 21.7 Å². The summed E-state index contributed by atoms with van der Waals surface area (Å²) in [5.41, 5.74) is -3.85. The van der Waals surface area contributed by atoms with Crippen molar-refractivity contribution in [1.29, 1.82) is 0 Å². The molecule has 2 aliphatic heterocycles. The van der Waals surface area contributed by atoms with Gasteiger partial charge in [0.05, 0.1) is 45.7 Å². The number of aliphatic hydroxyl groups excluding tert-OH is 3. The molecule has 1 aromatic rings. The molecule has 1 aromatic carbocycles. The van der Waals surface area contributed by atoms with E-state index in [2.05, 4.69) is 5.32 Å². The lowest BCUT2D eigenvalue weighted by molar-refractivity contribution is -0.384. The van der Waals surface area contributed by atoms with Gasteiger partial charge in [-0.05, 0) is 78.5 Å². The second-order valence-electron chi connectivity index (χ2n) is 14.9. The van der Waals surface area contributed by atoms with E-state index in [0.29, 0.717) is 0 Å². The van der Waals surface area contributed by atoms with Crippen molar-refractivity contribution in [1.82, 2.24) is 9.62 Å². The quantitative estimate of drug-likeness (QED) is 0.131. The van der Waals surface area contributed by atoms with E-state index >= 15 is 0 Å². The number of rotatable bonds is 7. The molecular weight excluding hydrogens is 690 g/mol. The zero-order valence-corrected chi connectivity index (χ0v) is 31.7. The Kier molecular flexibility index (Phi) is 14.2. The van der Waals surface area contributed by atoms with Crippen LogP contribution in [0.2, 0.25) is 0 Å². The summed E-state index contributed by atoms with van der Waals surface area (Å²) >= 11 is 0. The zero-order valence-electron chi connectivity index (χ0n) is 30.9. The molecule has 0 saturated carbocycles. The molecule has 292 valence electrons. The zero-order chi connectivity index (χ0) is 38.8. The van der Waals surface area contributed by atoms with E-state index in [1.807, 2.05) is 6.92 Å². The van der Waals surface area contributed by atoms with Gasteiger partial charge in [0.1, 0.15) is 23.9 Å². The molecule has 2 heterocycles. The van der Waals surface area contributed by atoms with Crippen LogP contribution >= 0.6 is 0 Å². The first kappa shape index (κ1) is 43.1.